The third-order valence-electron chi connectivity index (χ3n) is 4.78. The van der Waals surface area contributed by atoms with Crippen LogP contribution in [0.3, 0.4) is 0 Å². The number of carbonyl (C=O) groups is 1. The maximum absolute atomic E-state index is 11.0. The highest BCUT2D eigenvalue weighted by molar-refractivity contribution is 5.87. The first kappa shape index (κ1) is 19.4. The van der Waals surface area contributed by atoms with Crippen molar-refractivity contribution in [2.45, 2.75) is 74.1 Å². The molecule has 0 aliphatic carbocycles. The molecule has 0 bridgehead atoms. The van der Waals surface area contributed by atoms with Gasteiger partial charge in [0.05, 0.1) is 0 Å². The summed E-state index contributed by atoms with van der Waals surface area (Å²) in [6, 6.07) is 0. The van der Waals surface area contributed by atoms with Gasteiger partial charge in [-0.05, 0) is 49.0 Å². The van der Waals surface area contributed by atoms with E-state index in [9.17, 15) is 4.79 Å². The molecular weight excluding hydrogens is 244 g/mol. The molecule has 0 saturated heterocycles. The van der Waals surface area contributed by atoms with Crippen LogP contribution in [-0.2, 0) is 4.79 Å². The number of hydrogen-bond donors (Lipinski definition) is 0. The van der Waals surface area contributed by atoms with Crippen LogP contribution in [-0.4, -0.2) is 5.78 Å². The van der Waals surface area contributed by atoms with Crippen LogP contribution in [0.4, 0.5) is 0 Å². The van der Waals surface area contributed by atoms with E-state index in [2.05, 4.69) is 47.6 Å². The number of allylic oxidation sites excluding steroid dienone is 2. The summed E-state index contributed by atoms with van der Waals surface area (Å²) < 4.78 is 0. The Morgan fingerprint density at radius 3 is 1.70 bits per heavy atom. The molecule has 1 heteroatoms. The van der Waals surface area contributed by atoms with Gasteiger partial charge in [0, 0.05) is 0 Å². The van der Waals surface area contributed by atoms with E-state index in [-0.39, 0.29) is 5.78 Å². The molecule has 0 aromatic carbocycles. The molecule has 0 aliphatic heterocycles. The third kappa shape index (κ3) is 9.34. The van der Waals surface area contributed by atoms with Gasteiger partial charge in [-0.25, -0.2) is 0 Å². The van der Waals surface area contributed by atoms with Crippen LogP contribution in [0, 0.1) is 29.6 Å². The Balaban J connectivity index is 4.03. The van der Waals surface area contributed by atoms with Crippen molar-refractivity contribution in [1.82, 2.24) is 0 Å². The smallest absolute Gasteiger partial charge is 0.152 e. The molecule has 4 unspecified atom stereocenters. The van der Waals surface area contributed by atoms with E-state index in [1.54, 1.807) is 13.0 Å². The van der Waals surface area contributed by atoms with Crippen LogP contribution in [0.5, 0.6) is 0 Å². The molecule has 0 aromatic rings. The van der Waals surface area contributed by atoms with Gasteiger partial charge >= 0.3 is 0 Å². The van der Waals surface area contributed by atoms with Gasteiger partial charge < -0.3 is 0 Å². The lowest BCUT2D eigenvalue weighted by molar-refractivity contribution is -0.112. The molecule has 0 N–H and O–H groups in total. The molecule has 0 saturated carbocycles. The van der Waals surface area contributed by atoms with E-state index in [0.717, 1.165) is 17.8 Å². The van der Waals surface area contributed by atoms with Crippen LogP contribution in [0.2, 0.25) is 0 Å². The summed E-state index contributed by atoms with van der Waals surface area (Å²) in [4.78, 5) is 11.0. The Morgan fingerprint density at radius 2 is 1.25 bits per heavy atom. The minimum atomic E-state index is 0.153. The van der Waals surface area contributed by atoms with E-state index in [1.807, 2.05) is 0 Å². The fourth-order valence-electron chi connectivity index (χ4n) is 2.43. The van der Waals surface area contributed by atoms with Gasteiger partial charge in [-0.3, -0.25) is 4.79 Å². The van der Waals surface area contributed by atoms with Gasteiger partial charge in [0.1, 0.15) is 0 Å². The SMILES string of the molecule is CC(=O)/C=C\C(C)C(C)CCC(C)C(C)CCC(C)C. The molecule has 118 valence electrons. The first-order valence-corrected chi connectivity index (χ1v) is 8.42. The van der Waals surface area contributed by atoms with Gasteiger partial charge in [0.2, 0.25) is 0 Å². The average Bonchev–Trinajstić information content (AvgIpc) is 2.38. The normalized spacial score (nSPS) is 18.2. The maximum atomic E-state index is 11.0. The lowest BCUT2D eigenvalue weighted by Gasteiger charge is -2.24. The van der Waals surface area contributed by atoms with Crippen LogP contribution in [0.25, 0.3) is 0 Å². The zero-order valence-electron chi connectivity index (χ0n) is 14.8. The first-order valence-electron chi connectivity index (χ1n) is 8.42. The zero-order valence-corrected chi connectivity index (χ0v) is 14.8. The highest BCUT2D eigenvalue weighted by atomic mass is 16.1. The summed E-state index contributed by atoms with van der Waals surface area (Å²) in [5, 5.41) is 0. The summed E-state index contributed by atoms with van der Waals surface area (Å²) in [6.45, 7) is 15.6. The van der Waals surface area contributed by atoms with Crippen molar-refractivity contribution < 1.29 is 4.79 Å². The fourth-order valence-corrected chi connectivity index (χ4v) is 2.43. The summed E-state index contributed by atoms with van der Waals surface area (Å²) in [5.41, 5.74) is 0. The van der Waals surface area contributed by atoms with Crippen LogP contribution in [0.15, 0.2) is 12.2 Å². The second kappa shape index (κ2) is 10.2. The number of hydrogen-bond acceptors (Lipinski definition) is 1. The second-order valence-corrected chi connectivity index (χ2v) is 7.31. The maximum Gasteiger partial charge on any atom is 0.152 e. The van der Waals surface area contributed by atoms with E-state index >= 15 is 0 Å². The lowest BCUT2D eigenvalue weighted by atomic mass is 9.82. The van der Waals surface area contributed by atoms with Gasteiger partial charge in [-0.1, -0.05) is 66.9 Å². The van der Waals surface area contributed by atoms with Gasteiger partial charge in [-0.15, -0.1) is 0 Å². The van der Waals surface area contributed by atoms with E-state index in [0.29, 0.717) is 11.8 Å². The summed E-state index contributed by atoms with van der Waals surface area (Å²) in [5.74, 6) is 3.76. The number of carbonyl (C=O) groups excluding carboxylic acids is 1. The number of ketones is 1. The molecule has 20 heavy (non-hydrogen) atoms. The molecular formula is C19H36O. The van der Waals surface area contributed by atoms with Crippen molar-refractivity contribution in [3.63, 3.8) is 0 Å². The molecule has 0 rings (SSSR count). The van der Waals surface area contributed by atoms with Crippen molar-refractivity contribution in [1.29, 1.82) is 0 Å². The number of rotatable bonds is 10. The Kier molecular flexibility index (Phi) is 9.88. The van der Waals surface area contributed by atoms with Gasteiger partial charge in [0.15, 0.2) is 5.78 Å². The van der Waals surface area contributed by atoms with Crippen LogP contribution in [0.1, 0.15) is 74.1 Å². The molecule has 0 spiro atoms. The van der Waals surface area contributed by atoms with Crippen LogP contribution >= 0.6 is 0 Å². The highest BCUT2D eigenvalue weighted by Crippen LogP contribution is 2.27. The van der Waals surface area contributed by atoms with Crippen molar-refractivity contribution >= 4 is 5.78 Å². The standard InChI is InChI=1S/C19H36O/c1-14(2)8-9-15(3)16(4)10-11-17(5)18(6)12-13-19(7)20/h12-18H,8-11H2,1-7H3/b13-12-. The van der Waals surface area contributed by atoms with Crippen molar-refractivity contribution in [3.05, 3.63) is 12.2 Å². The molecule has 1 nitrogen and oxygen atoms in total. The molecule has 4 atom stereocenters. The third-order valence-corrected chi connectivity index (χ3v) is 4.78. The quantitative estimate of drug-likeness (QED) is 0.456. The topological polar surface area (TPSA) is 17.1 Å². The summed E-state index contributed by atoms with van der Waals surface area (Å²) in [7, 11) is 0. The molecule has 0 amide bonds. The Bertz CT molecular complexity index is 290. The molecule has 0 radical (unpaired) electrons. The lowest BCUT2D eigenvalue weighted by Crippen LogP contribution is -2.13. The van der Waals surface area contributed by atoms with Crippen molar-refractivity contribution in [2.75, 3.05) is 0 Å². The molecule has 0 aliphatic rings. The highest BCUT2D eigenvalue weighted by Gasteiger charge is 2.16. The van der Waals surface area contributed by atoms with E-state index < -0.39 is 0 Å². The molecule has 0 fully saturated rings. The van der Waals surface area contributed by atoms with Gasteiger partial charge in [0.25, 0.3) is 0 Å². The minimum absolute atomic E-state index is 0.153. The molecule has 0 aromatic heterocycles. The monoisotopic (exact) mass is 280 g/mol. The minimum Gasteiger partial charge on any atom is -0.295 e. The summed E-state index contributed by atoms with van der Waals surface area (Å²) >= 11 is 0. The molecule has 0 heterocycles. The average molecular weight is 280 g/mol. The van der Waals surface area contributed by atoms with E-state index in [4.69, 9.17) is 0 Å². The van der Waals surface area contributed by atoms with Gasteiger partial charge in [-0.2, -0.15) is 0 Å². The van der Waals surface area contributed by atoms with Crippen LogP contribution < -0.4 is 0 Å². The Hall–Kier alpha value is -0.590. The predicted molar refractivity (Wildman–Crippen MR) is 89.8 cm³/mol. The largest absolute Gasteiger partial charge is 0.295 e. The summed E-state index contributed by atoms with van der Waals surface area (Å²) in [6.07, 6.45) is 9.05. The predicted octanol–water partition coefficient (Wildman–Crippen LogP) is 5.89. The first-order chi connectivity index (χ1) is 9.23. The second-order valence-electron chi connectivity index (χ2n) is 7.31. The van der Waals surface area contributed by atoms with Crippen molar-refractivity contribution in [3.8, 4) is 0 Å². The Labute approximate surface area is 127 Å². The zero-order chi connectivity index (χ0) is 15.7. The van der Waals surface area contributed by atoms with E-state index in [1.165, 1.54) is 25.7 Å². The fraction of sp³-hybridized carbons (Fsp3) is 0.842. The van der Waals surface area contributed by atoms with Crippen molar-refractivity contribution in [2.24, 2.45) is 29.6 Å². The Morgan fingerprint density at radius 1 is 0.800 bits per heavy atom.